The Balaban J connectivity index is 2.03. The molecule has 2 aromatic rings. The largest absolute Gasteiger partial charge is 0.374 e. The normalized spacial score (nSPS) is 12.1. The predicted octanol–water partition coefficient (Wildman–Crippen LogP) is 1.75. The van der Waals surface area contributed by atoms with Gasteiger partial charge in [-0.05, 0) is 19.9 Å². The molecular weight excluding hydrogens is 268 g/mol. The molecule has 7 nitrogen and oxygen atoms in total. The van der Waals surface area contributed by atoms with Crippen molar-refractivity contribution in [1.82, 2.24) is 19.7 Å². The molecule has 2 heterocycles. The number of ether oxygens (including phenoxy) is 1. The standard InChI is InChI=1S/C14H22N6O/c1-4-21-10-14-18-12(15-3)8-13(19-14)17-11(2)9-20-7-5-6-16-20/h5-8,11H,4,9-10H2,1-3H3,(H2,15,17,18,19). The molecule has 2 N–H and O–H groups in total. The fourth-order valence-corrected chi connectivity index (χ4v) is 1.94. The Bertz CT molecular complexity index is 542. The van der Waals surface area contributed by atoms with E-state index >= 15 is 0 Å². The van der Waals surface area contributed by atoms with Crippen LogP contribution < -0.4 is 10.6 Å². The SMILES string of the molecule is CCOCc1nc(NC)cc(NC(C)Cn2cccn2)n1. The third kappa shape index (κ3) is 4.71. The molecule has 0 saturated carbocycles. The average molecular weight is 290 g/mol. The highest BCUT2D eigenvalue weighted by Crippen LogP contribution is 2.13. The second-order valence-corrected chi connectivity index (χ2v) is 4.72. The Kier molecular flexibility index (Phi) is 5.51. The molecule has 1 unspecified atom stereocenters. The molecule has 0 spiro atoms. The Hall–Kier alpha value is -2.15. The molecule has 0 aliphatic rings. The first kappa shape index (κ1) is 15.2. The van der Waals surface area contributed by atoms with Crippen molar-refractivity contribution < 1.29 is 4.74 Å². The maximum absolute atomic E-state index is 5.37. The molecular formula is C14H22N6O. The molecule has 0 amide bonds. The summed E-state index contributed by atoms with van der Waals surface area (Å²) in [7, 11) is 1.84. The smallest absolute Gasteiger partial charge is 0.158 e. The van der Waals surface area contributed by atoms with E-state index in [0.29, 0.717) is 19.0 Å². The lowest BCUT2D eigenvalue weighted by Gasteiger charge is -2.16. The number of aromatic nitrogens is 4. The van der Waals surface area contributed by atoms with E-state index in [4.69, 9.17) is 4.74 Å². The molecule has 2 aromatic heterocycles. The van der Waals surface area contributed by atoms with Gasteiger partial charge in [-0.2, -0.15) is 5.10 Å². The second-order valence-electron chi connectivity index (χ2n) is 4.72. The fraction of sp³-hybridized carbons (Fsp3) is 0.500. The quantitative estimate of drug-likeness (QED) is 0.771. The van der Waals surface area contributed by atoms with E-state index in [2.05, 4.69) is 32.6 Å². The molecule has 0 aliphatic carbocycles. The second kappa shape index (κ2) is 7.58. The number of rotatable bonds is 8. The lowest BCUT2D eigenvalue weighted by atomic mass is 10.3. The summed E-state index contributed by atoms with van der Waals surface area (Å²) in [6.45, 7) is 5.87. The molecule has 1 atom stereocenters. The van der Waals surface area contributed by atoms with Gasteiger partial charge >= 0.3 is 0 Å². The minimum absolute atomic E-state index is 0.199. The van der Waals surface area contributed by atoms with Gasteiger partial charge in [0.05, 0.1) is 6.54 Å². The number of hydrogen-bond donors (Lipinski definition) is 2. The molecule has 21 heavy (non-hydrogen) atoms. The van der Waals surface area contributed by atoms with Crippen LogP contribution in [-0.2, 0) is 17.9 Å². The molecule has 0 radical (unpaired) electrons. The minimum Gasteiger partial charge on any atom is -0.374 e. The summed E-state index contributed by atoms with van der Waals surface area (Å²) in [6, 6.07) is 4.00. The van der Waals surface area contributed by atoms with Crippen molar-refractivity contribution in [3.05, 3.63) is 30.4 Å². The van der Waals surface area contributed by atoms with Crippen LogP contribution in [0.25, 0.3) is 0 Å². The molecule has 0 aliphatic heterocycles. The number of hydrogen-bond acceptors (Lipinski definition) is 6. The van der Waals surface area contributed by atoms with E-state index in [1.807, 2.05) is 37.0 Å². The van der Waals surface area contributed by atoms with E-state index in [0.717, 1.165) is 18.2 Å². The van der Waals surface area contributed by atoms with Gasteiger partial charge in [-0.25, -0.2) is 9.97 Å². The summed E-state index contributed by atoms with van der Waals surface area (Å²) in [5, 5.41) is 10.6. The van der Waals surface area contributed by atoms with Gasteiger partial charge in [0, 0.05) is 38.2 Å². The van der Waals surface area contributed by atoms with Crippen molar-refractivity contribution in [3.63, 3.8) is 0 Å². The zero-order chi connectivity index (χ0) is 15.1. The van der Waals surface area contributed by atoms with Crippen LogP contribution in [0, 0.1) is 0 Å². The van der Waals surface area contributed by atoms with Gasteiger partial charge in [-0.3, -0.25) is 4.68 Å². The summed E-state index contributed by atoms with van der Waals surface area (Å²) < 4.78 is 7.26. The summed E-state index contributed by atoms with van der Waals surface area (Å²) in [4.78, 5) is 8.84. The molecule has 114 valence electrons. The number of anilines is 2. The molecule has 2 rings (SSSR count). The summed E-state index contributed by atoms with van der Waals surface area (Å²) >= 11 is 0. The van der Waals surface area contributed by atoms with Crippen molar-refractivity contribution in [2.24, 2.45) is 0 Å². The first-order valence-electron chi connectivity index (χ1n) is 7.08. The van der Waals surface area contributed by atoms with E-state index in [9.17, 15) is 0 Å². The van der Waals surface area contributed by atoms with Crippen LogP contribution in [0.2, 0.25) is 0 Å². The van der Waals surface area contributed by atoms with Crippen LogP contribution in [0.5, 0.6) is 0 Å². The van der Waals surface area contributed by atoms with Crippen LogP contribution in [0.15, 0.2) is 24.5 Å². The maximum Gasteiger partial charge on any atom is 0.158 e. The number of nitrogens with zero attached hydrogens (tertiary/aromatic N) is 4. The Morgan fingerprint density at radius 2 is 2.14 bits per heavy atom. The van der Waals surface area contributed by atoms with Crippen molar-refractivity contribution in [2.75, 3.05) is 24.3 Å². The van der Waals surface area contributed by atoms with Crippen molar-refractivity contribution in [3.8, 4) is 0 Å². The van der Waals surface area contributed by atoms with Crippen LogP contribution in [-0.4, -0.2) is 39.4 Å². The third-order valence-corrected chi connectivity index (χ3v) is 2.88. The van der Waals surface area contributed by atoms with Gasteiger partial charge in [-0.15, -0.1) is 0 Å². The Morgan fingerprint density at radius 3 is 2.81 bits per heavy atom. The highest BCUT2D eigenvalue weighted by Gasteiger charge is 2.08. The topological polar surface area (TPSA) is 76.9 Å². The van der Waals surface area contributed by atoms with Gasteiger partial charge < -0.3 is 15.4 Å². The van der Waals surface area contributed by atoms with Crippen molar-refractivity contribution in [1.29, 1.82) is 0 Å². The fourth-order valence-electron chi connectivity index (χ4n) is 1.94. The molecule has 0 bridgehead atoms. The summed E-state index contributed by atoms with van der Waals surface area (Å²) in [5.74, 6) is 2.22. The van der Waals surface area contributed by atoms with Gasteiger partial charge in [0.2, 0.25) is 0 Å². The number of nitrogens with one attached hydrogen (secondary N) is 2. The Labute approximate surface area is 124 Å². The van der Waals surface area contributed by atoms with Gasteiger partial charge in [0.25, 0.3) is 0 Å². The van der Waals surface area contributed by atoms with Crippen molar-refractivity contribution >= 4 is 11.6 Å². The van der Waals surface area contributed by atoms with Gasteiger partial charge in [0.15, 0.2) is 5.82 Å². The van der Waals surface area contributed by atoms with Crippen LogP contribution in [0.1, 0.15) is 19.7 Å². The molecule has 0 fully saturated rings. The maximum atomic E-state index is 5.37. The zero-order valence-corrected chi connectivity index (χ0v) is 12.7. The van der Waals surface area contributed by atoms with Crippen LogP contribution in [0.4, 0.5) is 11.6 Å². The molecule has 0 saturated heterocycles. The lowest BCUT2D eigenvalue weighted by Crippen LogP contribution is -2.23. The van der Waals surface area contributed by atoms with E-state index < -0.39 is 0 Å². The Morgan fingerprint density at radius 1 is 1.33 bits per heavy atom. The zero-order valence-electron chi connectivity index (χ0n) is 12.7. The lowest BCUT2D eigenvalue weighted by molar-refractivity contribution is 0.128. The molecule has 7 heteroatoms. The monoisotopic (exact) mass is 290 g/mol. The highest BCUT2D eigenvalue weighted by atomic mass is 16.5. The first-order chi connectivity index (χ1) is 10.2. The van der Waals surface area contributed by atoms with Crippen LogP contribution >= 0.6 is 0 Å². The van der Waals surface area contributed by atoms with Gasteiger partial charge in [-0.1, -0.05) is 0 Å². The van der Waals surface area contributed by atoms with Crippen molar-refractivity contribution in [2.45, 2.75) is 33.0 Å². The van der Waals surface area contributed by atoms with E-state index in [1.165, 1.54) is 0 Å². The highest BCUT2D eigenvalue weighted by molar-refractivity contribution is 5.47. The summed E-state index contributed by atoms with van der Waals surface area (Å²) in [6.07, 6.45) is 3.72. The average Bonchev–Trinajstić information content (AvgIpc) is 2.97. The predicted molar refractivity (Wildman–Crippen MR) is 82.2 cm³/mol. The van der Waals surface area contributed by atoms with E-state index in [1.54, 1.807) is 6.20 Å². The van der Waals surface area contributed by atoms with E-state index in [-0.39, 0.29) is 6.04 Å². The third-order valence-electron chi connectivity index (χ3n) is 2.88. The summed E-state index contributed by atoms with van der Waals surface area (Å²) in [5.41, 5.74) is 0. The van der Waals surface area contributed by atoms with Crippen LogP contribution in [0.3, 0.4) is 0 Å². The minimum atomic E-state index is 0.199. The van der Waals surface area contributed by atoms with Gasteiger partial charge in [0.1, 0.15) is 18.2 Å². The molecule has 0 aromatic carbocycles. The first-order valence-corrected chi connectivity index (χ1v) is 7.08.